The molecule has 0 aliphatic carbocycles. The molecule has 0 aliphatic heterocycles. The number of aryl methyl sites for hydroxylation is 3. The predicted octanol–water partition coefficient (Wildman–Crippen LogP) is 3.97. The van der Waals surface area contributed by atoms with E-state index >= 15 is 0 Å². The average Bonchev–Trinajstić information content (AvgIpc) is 3.01. The van der Waals surface area contributed by atoms with Crippen LogP contribution in [0.3, 0.4) is 0 Å². The summed E-state index contributed by atoms with van der Waals surface area (Å²) in [5.74, 6) is 0.536. The summed E-state index contributed by atoms with van der Waals surface area (Å²) >= 11 is 0. The third-order valence-electron chi connectivity index (χ3n) is 4.60. The first-order valence-corrected chi connectivity index (χ1v) is 10.6. The lowest BCUT2D eigenvalue weighted by molar-refractivity contribution is -0.116. The zero-order chi connectivity index (χ0) is 21.0. The molecule has 0 bridgehead atoms. The highest BCUT2D eigenvalue weighted by Gasteiger charge is 2.16. The maximum absolute atomic E-state index is 12.6. The Balaban J connectivity index is 1.69. The molecule has 2 aromatic carbocycles. The molecule has 3 aromatic rings. The molecule has 2 N–H and O–H groups in total. The van der Waals surface area contributed by atoms with Crippen molar-refractivity contribution in [1.29, 1.82) is 0 Å². The minimum atomic E-state index is -3.71. The Labute approximate surface area is 170 Å². The molecule has 1 amide bonds. The van der Waals surface area contributed by atoms with Crippen LogP contribution in [0.2, 0.25) is 0 Å². The van der Waals surface area contributed by atoms with Gasteiger partial charge in [-0.2, -0.15) is 0 Å². The standard InChI is InChI=1S/C21H23N3O4S/c1-14-9-10-17(22-21(25)12-11-19-15(2)23-28-16(19)3)13-20(14)24-29(26,27)18-7-5-4-6-8-18/h4-10,13,24H,11-12H2,1-3H3,(H,22,25). The normalized spacial score (nSPS) is 11.3. The third kappa shape index (κ3) is 5.03. The van der Waals surface area contributed by atoms with E-state index < -0.39 is 10.0 Å². The number of aromatic nitrogens is 1. The van der Waals surface area contributed by atoms with Crippen LogP contribution < -0.4 is 10.0 Å². The number of carbonyl (C=O) groups is 1. The number of carbonyl (C=O) groups excluding carboxylic acids is 1. The minimum Gasteiger partial charge on any atom is -0.361 e. The molecular weight excluding hydrogens is 390 g/mol. The second kappa shape index (κ2) is 8.48. The summed E-state index contributed by atoms with van der Waals surface area (Å²) < 4.78 is 32.8. The van der Waals surface area contributed by atoms with E-state index in [4.69, 9.17) is 4.52 Å². The van der Waals surface area contributed by atoms with Crippen LogP contribution in [0.5, 0.6) is 0 Å². The first-order valence-electron chi connectivity index (χ1n) is 9.16. The van der Waals surface area contributed by atoms with Crippen LogP contribution >= 0.6 is 0 Å². The topological polar surface area (TPSA) is 101 Å². The van der Waals surface area contributed by atoms with Gasteiger partial charge in [0.15, 0.2) is 0 Å². The van der Waals surface area contributed by atoms with Gasteiger partial charge in [-0.25, -0.2) is 8.42 Å². The highest BCUT2D eigenvalue weighted by molar-refractivity contribution is 7.92. The molecule has 0 spiro atoms. The van der Waals surface area contributed by atoms with Gasteiger partial charge in [-0.1, -0.05) is 29.4 Å². The molecule has 152 valence electrons. The molecular formula is C21H23N3O4S. The summed E-state index contributed by atoms with van der Waals surface area (Å²) in [6, 6.07) is 13.2. The van der Waals surface area contributed by atoms with Crippen molar-refractivity contribution in [3.05, 3.63) is 71.1 Å². The smallest absolute Gasteiger partial charge is 0.261 e. The first kappa shape index (κ1) is 20.6. The molecule has 0 radical (unpaired) electrons. The van der Waals surface area contributed by atoms with Gasteiger partial charge >= 0.3 is 0 Å². The Morgan fingerprint density at radius 3 is 2.45 bits per heavy atom. The Morgan fingerprint density at radius 1 is 1.07 bits per heavy atom. The van der Waals surface area contributed by atoms with E-state index in [2.05, 4.69) is 15.2 Å². The van der Waals surface area contributed by atoms with Gasteiger partial charge in [-0.15, -0.1) is 0 Å². The lowest BCUT2D eigenvalue weighted by Gasteiger charge is -2.13. The van der Waals surface area contributed by atoms with Crippen LogP contribution in [0.25, 0.3) is 0 Å². The molecule has 0 saturated heterocycles. The lowest BCUT2D eigenvalue weighted by atomic mass is 10.1. The molecule has 7 nitrogen and oxygen atoms in total. The van der Waals surface area contributed by atoms with Crippen molar-refractivity contribution < 1.29 is 17.7 Å². The van der Waals surface area contributed by atoms with Crippen LogP contribution in [0, 0.1) is 20.8 Å². The SMILES string of the molecule is Cc1ccc(NC(=O)CCc2c(C)noc2C)cc1NS(=O)(=O)c1ccccc1. The maximum Gasteiger partial charge on any atom is 0.261 e. The monoisotopic (exact) mass is 413 g/mol. The lowest BCUT2D eigenvalue weighted by Crippen LogP contribution is -2.15. The summed E-state index contributed by atoms with van der Waals surface area (Å²) in [4.78, 5) is 12.5. The average molecular weight is 413 g/mol. The molecule has 29 heavy (non-hydrogen) atoms. The van der Waals surface area contributed by atoms with Crippen LogP contribution in [0.15, 0.2) is 57.9 Å². The summed E-state index contributed by atoms with van der Waals surface area (Å²) in [6.07, 6.45) is 0.786. The van der Waals surface area contributed by atoms with E-state index in [0.29, 0.717) is 23.6 Å². The molecule has 1 heterocycles. The number of amides is 1. The fourth-order valence-corrected chi connectivity index (χ4v) is 4.08. The van der Waals surface area contributed by atoms with Gasteiger partial charge in [0.2, 0.25) is 5.91 Å². The zero-order valence-corrected chi connectivity index (χ0v) is 17.3. The Morgan fingerprint density at radius 2 is 1.79 bits per heavy atom. The van der Waals surface area contributed by atoms with E-state index in [1.807, 2.05) is 13.8 Å². The molecule has 0 aliphatic rings. The second-order valence-electron chi connectivity index (χ2n) is 6.80. The number of anilines is 2. The zero-order valence-electron chi connectivity index (χ0n) is 16.5. The van der Waals surface area contributed by atoms with Gasteiger partial charge in [0.05, 0.1) is 16.3 Å². The summed E-state index contributed by atoms with van der Waals surface area (Å²) in [5.41, 5.74) is 3.39. The van der Waals surface area contributed by atoms with Crippen LogP contribution in [-0.2, 0) is 21.2 Å². The molecule has 3 rings (SSSR count). The predicted molar refractivity (Wildman–Crippen MR) is 111 cm³/mol. The summed E-state index contributed by atoms with van der Waals surface area (Å²) in [5, 5.41) is 6.70. The van der Waals surface area contributed by atoms with E-state index in [1.54, 1.807) is 43.3 Å². The fraction of sp³-hybridized carbons (Fsp3) is 0.238. The molecule has 0 unspecified atom stereocenters. The van der Waals surface area contributed by atoms with Crippen molar-refractivity contribution in [2.24, 2.45) is 0 Å². The number of nitrogens with zero attached hydrogens (tertiary/aromatic N) is 1. The maximum atomic E-state index is 12.6. The van der Waals surface area contributed by atoms with Crippen molar-refractivity contribution in [3.63, 3.8) is 0 Å². The Bertz CT molecular complexity index is 1100. The second-order valence-corrected chi connectivity index (χ2v) is 8.48. The molecule has 0 fully saturated rings. The van der Waals surface area contributed by atoms with Crippen LogP contribution in [-0.4, -0.2) is 19.5 Å². The number of rotatable bonds is 7. The van der Waals surface area contributed by atoms with Crippen LogP contribution in [0.4, 0.5) is 11.4 Å². The highest BCUT2D eigenvalue weighted by atomic mass is 32.2. The highest BCUT2D eigenvalue weighted by Crippen LogP contribution is 2.24. The van der Waals surface area contributed by atoms with Crippen molar-refractivity contribution in [3.8, 4) is 0 Å². The van der Waals surface area contributed by atoms with Crippen molar-refractivity contribution in [1.82, 2.24) is 5.16 Å². The number of hydrogen-bond acceptors (Lipinski definition) is 5. The first-order chi connectivity index (χ1) is 13.8. The van der Waals surface area contributed by atoms with Crippen molar-refractivity contribution in [2.75, 3.05) is 10.0 Å². The molecule has 0 saturated carbocycles. The molecule has 8 heteroatoms. The summed E-state index contributed by atoms with van der Waals surface area (Å²) in [7, 11) is -3.71. The van der Waals surface area contributed by atoms with E-state index in [9.17, 15) is 13.2 Å². The van der Waals surface area contributed by atoms with Gasteiger partial charge in [0.25, 0.3) is 10.0 Å². The van der Waals surface area contributed by atoms with E-state index in [1.165, 1.54) is 12.1 Å². The van der Waals surface area contributed by atoms with Gasteiger partial charge in [-0.05, 0) is 57.0 Å². The van der Waals surface area contributed by atoms with Gasteiger partial charge in [0, 0.05) is 17.7 Å². The van der Waals surface area contributed by atoms with Gasteiger partial charge in [0.1, 0.15) is 5.76 Å². The quantitative estimate of drug-likeness (QED) is 0.610. The number of benzene rings is 2. The molecule has 0 atom stereocenters. The van der Waals surface area contributed by atoms with E-state index in [-0.39, 0.29) is 17.2 Å². The number of sulfonamides is 1. The largest absolute Gasteiger partial charge is 0.361 e. The molecule has 1 aromatic heterocycles. The summed E-state index contributed by atoms with van der Waals surface area (Å²) in [6.45, 7) is 5.46. The Kier molecular flexibility index (Phi) is 6.03. The van der Waals surface area contributed by atoms with Gasteiger partial charge < -0.3 is 9.84 Å². The third-order valence-corrected chi connectivity index (χ3v) is 5.98. The van der Waals surface area contributed by atoms with Gasteiger partial charge in [-0.3, -0.25) is 9.52 Å². The number of hydrogen-bond donors (Lipinski definition) is 2. The fourth-order valence-electron chi connectivity index (χ4n) is 2.93. The van der Waals surface area contributed by atoms with Crippen molar-refractivity contribution >= 4 is 27.3 Å². The van der Waals surface area contributed by atoms with E-state index in [0.717, 1.165) is 16.8 Å². The Hall–Kier alpha value is -3.13. The minimum absolute atomic E-state index is 0.174. The number of nitrogens with one attached hydrogen (secondary N) is 2. The van der Waals surface area contributed by atoms with Crippen molar-refractivity contribution in [2.45, 2.75) is 38.5 Å². The van der Waals surface area contributed by atoms with Crippen LogP contribution in [0.1, 0.15) is 29.0 Å².